The molecule has 138 valence electrons. The third-order valence-corrected chi connectivity index (χ3v) is 5.21. The molecule has 1 aliphatic heterocycles. The molecule has 26 heavy (non-hydrogen) atoms. The van der Waals surface area contributed by atoms with Gasteiger partial charge in [0.05, 0.1) is 12.1 Å². The van der Waals surface area contributed by atoms with Crippen molar-refractivity contribution in [1.82, 2.24) is 15.2 Å². The Balaban J connectivity index is 1.80. The zero-order valence-corrected chi connectivity index (χ0v) is 15.7. The molecule has 0 bridgehead atoms. The van der Waals surface area contributed by atoms with E-state index >= 15 is 0 Å². The van der Waals surface area contributed by atoms with E-state index in [0.29, 0.717) is 0 Å². The van der Waals surface area contributed by atoms with Crippen LogP contribution in [-0.4, -0.2) is 42.2 Å². The van der Waals surface area contributed by atoms with Gasteiger partial charge in [-0.2, -0.15) is 0 Å². The van der Waals surface area contributed by atoms with E-state index < -0.39 is 0 Å². The first-order valence-corrected chi connectivity index (χ1v) is 9.14. The van der Waals surface area contributed by atoms with Gasteiger partial charge in [-0.3, -0.25) is 4.98 Å². The Bertz CT molecular complexity index is 740. The number of amides is 2. The van der Waals surface area contributed by atoms with Crippen molar-refractivity contribution >= 4 is 6.03 Å². The Morgan fingerprint density at radius 1 is 1.19 bits per heavy atom. The van der Waals surface area contributed by atoms with Crippen molar-refractivity contribution in [2.24, 2.45) is 0 Å². The highest BCUT2D eigenvalue weighted by Crippen LogP contribution is 2.24. The van der Waals surface area contributed by atoms with E-state index in [4.69, 9.17) is 4.74 Å². The van der Waals surface area contributed by atoms with E-state index in [1.54, 1.807) is 13.3 Å². The Morgan fingerprint density at radius 3 is 2.58 bits per heavy atom. The molecule has 0 unspecified atom stereocenters. The molecule has 0 aliphatic carbocycles. The first-order valence-electron chi connectivity index (χ1n) is 9.14. The molecule has 1 aromatic carbocycles. The molecule has 0 spiro atoms. The van der Waals surface area contributed by atoms with E-state index in [1.165, 1.54) is 11.1 Å². The number of aromatic nitrogens is 1. The van der Waals surface area contributed by atoms with Crippen molar-refractivity contribution in [2.45, 2.75) is 38.8 Å². The van der Waals surface area contributed by atoms with Gasteiger partial charge in [0.25, 0.3) is 0 Å². The number of aryl methyl sites for hydroxylation is 2. The number of hydrogen-bond donors (Lipinski definition) is 1. The van der Waals surface area contributed by atoms with Crippen LogP contribution in [0.3, 0.4) is 0 Å². The van der Waals surface area contributed by atoms with E-state index in [-0.39, 0.29) is 18.2 Å². The second-order valence-electron chi connectivity index (χ2n) is 6.93. The fourth-order valence-corrected chi connectivity index (χ4v) is 3.36. The van der Waals surface area contributed by atoms with Crippen LogP contribution in [0, 0.1) is 13.8 Å². The molecule has 1 atom stereocenters. The van der Waals surface area contributed by atoms with E-state index in [2.05, 4.69) is 42.3 Å². The fourth-order valence-electron chi connectivity index (χ4n) is 3.36. The van der Waals surface area contributed by atoms with Gasteiger partial charge in [0, 0.05) is 32.6 Å². The summed E-state index contributed by atoms with van der Waals surface area (Å²) in [4.78, 5) is 19.0. The minimum absolute atomic E-state index is 0.0355. The number of ether oxygens (including phenoxy) is 1. The van der Waals surface area contributed by atoms with Gasteiger partial charge in [-0.15, -0.1) is 0 Å². The van der Waals surface area contributed by atoms with Crippen LogP contribution in [-0.2, 0) is 4.74 Å². The van der Waals surface area contributed by atoms with Crippen LogP contribution in [0.5, 0.6) is 0 Å². The minimum atomic E-state index is -0.212. The maximum absolute atomic E-state index is 12.9. The number of nitrogens with one attached hydrogen (secondary N) is 1. The van der Waals surface area contributed by atoms with Gasteiger partial charge in [0.1, 0.15) is 0 Å². The molecule has 0 saturated carbocycles. The van der Waals surface area contributed by atoms with Gasteiger partial charge in [0.15, 0.2) is 0 Å². The average Bonchev–Trinajstić information content (AvgIpc) is 2.69. The number of benzene rings is 1. The number of carbonyl (C=O) groups excluding carboxylic acids is 1. The maximum atomic E-state index is 12.9. The molecule has 1 aromatic heterocycles. The van der Waals surface area contributed by atoms with E-state index in [1.807, 2.05) is 23.2 Å². The highest BCUT2D eigenvalue weighted by atomic mass is 16.5. The monoisotopic (exact) mass is 353 g/mol. The topological polar surface area (TPSA) is 54.5 Å². The van der Waals surface area contributed by atoms with Crippen molar-refractivity contribution in [3.05, 3.63) is 65.0 Å². The van der Waals surface area contributed by atoms with Crippen LogP contribution in [0.1, 0.15) is 41.1 Å². The summed E-state index contributed by atoms with van der Waals surface area (Å²) in [6.07, 6.45) is 5.58. The Morgan fingerprint density at radius 2 is 1.96 bits per heavy atom. The zero-order chi connectivity index (χ0) is 18.5. The van der Waals surface area contributed by atoms with Crippen molar-refractivity contribution in [2.75, 3.05) is 20.2 Å². The van der Waals surface area contributed by atoms with Crippen LogP contribution < -0.4 is 5.32 Å². The van der Waals surface area contributed by atoms with Crippen molar-refractivity contribution in [3.8, 4) is 0 Å². The molecular formula is C21H27N3O2. The molecular weight excluding hydrogens is 326 g/mol. The number of piperidine rings is 1. The molecule has 1 saturated heterocycles. The van der Waals surface area contributed by atoms with Crippen molar-refractivity contribution in [3.63, 3.8) is 0 Å². The Kier molecular flexibility index (Phi) is 5.89. The average molecular weight is 353 g/mol. The van der Waals surface area contributed by atoms with E-state index in [9.17, 15) is 4.79 Å². The van der Waals surface area contributed by atoms with Gasteiger partial charge < -0.3 is 15.0 Å². The number of methoxy groups -OCH3 is 1. The molecule has 5 heteroatoms. The van der Waals surface area contributed by atoms with Gasteiger partial charge >= 0.3 is 6.03 Å². The first-order chi connectivity index (χ1) is 12.6. The lowest BCUT2D eigenvalue weighted by atomic mass is 9.96. The maximum Gasteiger partial charge on any atom is 0.318 e. The Hall–Kier alpha value is -2.40. The summed E-state index contributed by atoms with van der Waals surface area (Å²) in [5, 5.41) is 3.21. The fraction of sp³-hybridized carbons (Fsp3) is 0.429. The molecule has 3 rings (SSSR count). The molecule has 1 N–H and O–H groups in total. The molecule has 2 amide bonds. The zero-order valence-electron chi connectivity index (χ0n) is 15.7. The number of carbonyl (C=O) groups is 1. The predicted octanol–water partition coefficient (Wildman–Crippen LogP) is 3.61. The van der Waals surface area contributed by atoms with Gasteiger partial charge in [0.2, 0.25) is 0 Å². The molecule has 2 aromatic rings. The number of pyridine rings is 1. The number of urea groups is 1. The highest BCUT2D eigenvalue weighted by Gasteiger charge is 2.25. The van der Waals surface area contributed by atoms with Crippen LogP contribution in [0.25, 0.3) is 0 Å². The molecule has 1 aliphatic rings. The number of hydrogen-bond acceptors (Lipinski definition) is 3. The summed E-state index contributed by atoms with van der Waals surface area (Å²) in [7, 11) is 1.73. The third kappa shape index (κ3) is 4.22. The molecule has 0 radical (unpaired) electrons. The molecule has 1 fully saturated rings. The predicted molar refractivity (Wildman–Crippen MR) is 102 cm³/mol. The quantitative estimate of drug-likeness (QED) is 0.913. The SMILES string of the molecule is COC1CCN(C(=O)N[C@H](c2cccnc2)c2ccc(C)c(C)c2)CC1. The van der Waals surface area contributed by atoms with Crippen LogP contribution >= 0.6 is 0 Å². The van der Waals surface area contributed by atoms with Gasteiger partial charge in [-0.05, 0) is 55.0 Å². The largest absolute Gasteiger partial charge is 0.381 e. The minimum Gasteiger partial charge on any atom is -0.381 e. The van der Waals surface area contributed by atoms with Crippen LogP contribution in [0.4, 0.5) is 4.79 Å². The number of nitrogens with zero attached hydrogens (tertiary/aromatic N) is 2. The lowest BCUT2D eigenvalue weighted by molar-refractivity contribution is 0.0501. The standard InChI is InChI=1S/C21H27N3O2/c1-15-6-7-17(13-16(15)2)20(18-5-4-10-22-14-18)23-21(25)24-11-8-19(26-3)9-12-24/h4-7,10,13-14,19-20H,8-9,11-12H2,1-3H3,(H,23,25)/t20-/m0/s1. The first kappa shape index (κ1) is 18.4. The van der Waals surface area contributed by atoms with Gasteiger partial charge in [-0.25, -0.2) is 4.79 Å². The van der Waals surface area contributed by atoms with Crippen molar-refractivity contribution in [1.29, 1.82) is 0 Å². The molecule has 2 heterocycles. The van der Waals surface area contributed by atoms with Crippen LogP contribution in [0.15, 0.2) is 42.7 Å². The van der Waals surface area contributed by atoms with Crippen LogP contribution in [0.2, 0.25) is 0 Å². The lowest BCUT2D eigenvalue weighted by Gasteiger charge is -2.33. The summed E-state index contributed by atoms with van der Waals surface area (Å²) in [5.74, 6) is 0. The second-order valence-corrected chi connectivity index (χ2v) is 6.93. The normalized spacial score (nSPS) is 16.3. The number of rotatable bonds is 4. The molecule has 5 nitrogen and oxygen atoms in total. The van der Waals surface area contributed by atoms with Gasteiger partial charge in [-0.1, -0.05) is 24.3 Å². The Labute approximate surface area is 155 Å². The number of likely N-dealkylation sites (tertiary alicyclic amines) is 1. The summed E-state index contributed by atoms with van der Waals surface area (Å²) in [5.41, 5.74) is 4.51. The summed E-state index contributed by atoms with van der Waals surface area (Å²) in [6.45, 7) is 5.63. The third-order valence-electron chi connectivity index (χ3n) is 5.21. The summed E-state index contributed by atoms with van der Waals surface area (Å²) < 4.78 is 5.40. The van der Waals surface area contributed by atoms with Crippen molar-refractivity contribution < 1.29 is 9.53 Å². The second kappa shape index (κ2) is 8.32. The summed E-state index contributed by atoms with van der Waals surface area (Å²) in [6, 6.07) is 9.98. The highest BCUT2D eigenvalue weighted by molar-refractivity contribution is 5.75. The van der Waals surface area contributed by atoms with E-state index in [0.717, 1.165) is 37.1 Å². The summed E-state index contributed by atoms with van der Waals surface area (Å²) >= 11 is 0. The lowest BCUT2D eigenvalue weighted by Crippen LogP contribution is -2.47. The smallest absolute Gasteiger partial charge is 0.318 e.